The fourth-order valence-corrected chi connectivity index (χ4v) is 1.97. The van der Waals surface area contributed by atoms with E-state index in [-0.39, 0.29) is 11.6 Å². The van der Waals surface area contributed by atoms with Crippen LogP contribution >= 0.6 is 0 Å². The van der Waals surface area contributed by atoms with Crippen LogP contribution in [-0.2, 0) is 6.42 Å². The first-order valence-electron chi connectivity index (χ1n) is 6.41. The van der Waals surface area contributed by atoms with Crippen molar-refractivity contribution in [1.29, 1.82) is 0 Å². The molecule has 0 aliphatic carbocycles. The largest absolute Gasteiger partial charge is 0.294 e. The molecule has 1 nitrogen and oxygen atoms in total. The number of halogens is 1. The van der Waals surface area contributed by atoms with E-state index < -0.39 is 0 Å². The van der Waals surface area contributed by atoms with Crippen LogP contribution in [0.4, 0.5) is 4.39 Å². The SMILES string of the molecule is Cc1ccc(C(=O)CCc2ccc(F)cc2)cc1C. The summed E-state index contributed by atoms with van der Waals surface area (Å²) in [7, 11) is 0. The van der Waals surface area contributed by atoms with Gasteiger partial charge in [-0.15, -0.1) is 0 Å². The van der Waals surface area contributed by atoms with Gasteiger partial charge in [0.25, 0.3) is 0 Å². The number of hydrogen-bond acceptors (Lipinski definition) is 1. The molecule has 0 aliphatic rings. The third-order valence-electron chi connectivity index (χ3n) is 3.38. The van der Waals surface area contributed by atoms with E-state index in [0.717, 1.165) is 16.7 Å². The molecule has 0 saturated carbocycles. The maximum absolute atomic E-state index is 12.8. The number of carbonyl (C=O) groups is 1. The minimum absolute atomic E-state index is 0.132. The summed E-state index contributed by atoms with van der Waals surface area (Å²) in [6, 6.07) is 12.1. The van der Waals surface area contributed by atoms with Crippen LogP contribution in [0.25, 0.3) is 0 Å². The van der Waals surface area contributed by atoms with E-state index in [4.69, 9.17) is 0 Å². The average Bonchev–Trinajstić information content (AvgIpc) is 2.41. The van der Waals surface area contributed by atoms with Crippen molar-refractivity contribution in [2.24, 2.45) is 0 Å². The first kappa shape index (κ1) is 13.5. The lowest BCUT2D eigenvalue weighted by Crippen LogP contribution is -2.02. The summed E-state index contributed by atoms with van der Waals surface area (Å²) in [5, 5.41) is 0. The Morgan fingerprint density at radius 3 is 2.32 bits per heavy atom. The maximum Gasteiger partial charge on any atom is 0.163 e. The third-order valence-corrected chi connectivity index (χ3v) is 3.38. The predicted octanol–water partition coefficient (Wildman–Crippen LogP) is 4.26. The van der Waals surface area contributed by atoms with Crippen LogP contribution in [0, 0.1) is 19.7 Å². The van der Waals surface area contributed by atoms with Crippen molar-refractivity contribution >= 4 is 5.78 Å². The first-order chi connectivity index (χ1) is 9.06. The van der Waals surface area contributed by atoms with Gasteiger partial charge in [0.15, 0.2) is 5.78 Å². The molecule has 19 heavy (non-hydrogen) atoms. The van der Waals surface area contributed by atoms with E-state index in [2.05, 4.69) is 0 Å². The molecule has 0 amide bonds. The van der Waals surface area contributed by atoms with Crippen molar-refractivity contribution in [2.45, 2.75) is 26.7 Å². The van der Waals surface area contributed by atoms with Gasteiger partial charge in [-0.25, -0.2) is 4.39 Å². The zero-order valence-electron chi connectivity index (χ0n) is 11.2. The second-order valence-corrected chi connectivity index (χ2v) is 4.85. The molecule has 2 heteroatoms. The number of rotatable bonds is 4. The number of aryl methyl sites for hydroxylation is 3. The fraction of sp³-hybridized carbons (Fsp3) is 0.235. The van der Waals surface area contributed by atoms with Gasteiger partial charge in [-0.1, -0.05) is 24.3 Å². The van der Waals surface area contributed by atoms with Gasteiger partial charge < -0.3 is 0 Å². The van der Waals surface area contributed by atoms with Gasteiger partial charge >= 0.3 is 0 Å². The Morgan fingerprint density at radius 2 is 1.68 bits per heavy atom. The summed E-state index contributed by atoms with van der Waals surface area (Å²) in [4.78, 5) is 12.1. The van der Waals surface area contributed by atoms with Crippen LogP contribution < -0.4 is 0 Å². The summed E-state index contributed by atoms with van der Waals surface area (Å²) in [5.41, 5.74) is 4.06. The van der Waals surface area contributed by atoms with E-state index >= 15 is 0 Å². The smallest absolute Gasteiger partial charge is 0.163 e. The second-order valence-electron chi connectivity index (χ2n) is 4.85. The minimum Gasteiger partial charge on any atom is -0.294 e. The molecule has 0 unspecified atom stereocenters. The number of ketones is 1. The van der Waals surface area contributed by atoms with Gasteiger partial charge in [0.1, 0.15) is 5.82 Å². The molecule has 0 heterocycles. The van der Waals surface area contributed by atoms with Crippen molar-refractivity contribution in [1.82, 2.24) is 0 Å². The molecule has 0 fully saturated rings. The zero-order valence-corrected chi connectivity index (χ0v) is 11.2. The molecule has 0 N–H and O–H groups in total. The van der Waals surface area contributed by atoms with Crippen molar-refractivity contribution in [3.63, 3.8) is 0 Å². The molecule has 98 valence electrons. The Hall–Kier alpha value is -1.96. The summed E-state index contributed by atoms with van der Waals surface area (Å²) in [6.07, 6.45) is 1.10. The van der Waals surface area contributed by atoms with Crippen LogP contribution in [0.15, 0.2) is 42.5 Å². The number of carbonyl (C=O) groups excluding carboxylic acids is 1. The Balaban J connectivity index is 2.01. The van der Waals surface area contributed by atoms with Crippen molar-refractivity contribution in [2.75, 3.05) is 0 Å². The van der Waals surface area contributed by atoms with Crippen LogP contribution in [0.3, 0.4) is 0 Å². The summed E-state index contributed by atoms with van der Waals surface area (Å²) in [5.74, 6) is -0.114. The number of benzene rings is 2. The first-order valence-corrected chi connectivity index (χ1v) is 6.41. The Morgan fingerprint density at radius 1 is 1.00 bits per heavy atom. The molecule has 0 atom stereocenters. The Labute approximate surface area is 113 Å². The highest BCUT2D eigenvalue weighted by Crippen LogP contribution is 2.13. The molecule has 2 rings (SSSR count). The number of hydrogen-bond donors (Lipinski definition) is 0. The molecule has 0 bridgehead atoms. The summed E-state index contributed by atoms with van der Waals surface area (Å²) < 4.78 is 12.8. The van der Waals surface area contributed by atoms with Crippen LogP contribution in [0.2, 0.25) is 0 Å². The van der Waals surface area contributed by atoms with Gasteiger partial charge in [0.05, 0.1) is 0 Å². The highest BCUT2D eigenvalue weighted by atomic mass is 19.1. The zero-order chi connectivity index (χ0) is 13.8. The van der Waals surface area contributed by atoms with Crippen molar-refractivity contribution in [3.05, 3.63) is 70.5 Å². The van der Waals surface area contributed by atoms with E-state index in [1.807, 2.05) is 32.0 Å². The molecule has 0 saturated heterocycles. The standard InChI is InChI=1S/C17H17FO/c1-12-3-7-15(11-13(12)2)17(19)10-6-14-4-8-16(18)9-5-14/h3-5,7-9,11H,6,10H2,1-2H3. The normalized spacial score (nSPS) is 10.5. The monoisotopic (exact) mass is 256 g/mol. The maximum atomic E-state index is 12.8. The summed E-state index contributed by atoms with van der Waals surface area (Å²) in [6.45, 7) is 4.04. The minimum atomic E-state index is -0.246. The topological polar surface area (TPSA) is 17.1 Å². The van der Waals surface area contributed by atoms with E-state index in [9.17, 15) is 9.18 Å². The lowest BCUT2D eigenvalue weighted by Gasteiger charge is -2.05. The van der Waals surface area contributed by atoms with E-state index in [1.54, 1.807) is 12.1 Å². The number of Topliss-reactive ketones (excluding diaryl/α,β-unsaturated/α-hetero) is 1. The molecule has 0 aromatic heterocycles. The third kappa shape index (κ3) is 3.50. The van der Waals surface area contributed by atoms with Gasteiger partial charge in [-0.2, -0.15) is 0 Å². The molecule has 2 aromatic rings. The van der Waals surface area contributed by atoms with Gasteiger partial charge in [0.2, 0.25) is 0 Å². The molecular weight excluding hydrogens is 239 g/mol. The van der Waals surface area contributed by atoms with Crippen LogP contribution in [0.5, 0.6) is 0 Å². The molecule has 0 aliphatic heterocycles. The highest BCUT2D eigenvalue weighted by Gasteiger charge is 2.07. The van der Waals surface area contributed by atoms with Crippen LogP contribution in [-0.4, -0.2) is 5.78 Å². The van der Waals surface area contributed by atoms with Crippen LogP contribution in [0.1, 0.15) is 33.5 Å². The van der Waals surface area contributed by atoms with Gasteiger partial charge in [-0.05, 0) is 55.2 Å². The molecular formula is C17H17FO. The second kappa shape index (κ2) is 5.79. The molecule has 2 aromatic carbocycles. The Bertz CT molecular complexity index is 585. The fourth-order valence-electron chi connectivity index (χ4n) is 1.97. The van der Waals surface area contributed by atoms with Crippen molar-refractivity contribution in [3.8, 4) is 0 Å². The lowest BCUT2D eigenvalue weighted by atomic mass is 9.99. The predicted molar refractivity (Wildman–Crippen MR) is 75.0 cm³/mol. The van der Waals surface area contributed by atoms with Gasteiger partial charge in [-0.3, -0.25) is 4.79 Å². The average molecular weight is 256 g/mol. The quantitative estimate of drug-likeness (QED) is 0.747. The van der Waals surface area contributed by atoms with E-state index in [1.165, 1.54) is 17.7 Å². The van der Waals surface area contributed by atoms with Crippen molar-refractivity contribution < 1.29 is 9.18 Å². The molecule has 0 spiro atoms. The molecule has 0 radical (unpaired) electrons. The summed E-state index contributed by atoms with van der Waals surface area (Å²) >= 11 is 0. The Kier molecular flexibility index (Phi) is 4.10. The van der Waals surface area contributed by atoms with E-state index in [0.29, 0.717) is 12.8 Å². The van der Waals surface area contributed by atoms with Gasteiger partial charge in [0, 0.05) is 12.0 Å². The lowest BCUT2D eigenvalue weighted by molar-refractivity contribution is 0.0983. The highest BCUT2D eigenvalue weighted by molar-refractivity contribution is 5.96.